The summed E-state index contributed by atoms with van der Waals surface area (Å²) in [6.07, 6.45) is 1.71. The third kappa shape index (κ3) is 4.05. The molecule has 0 spiro atoms. The van der Waals surface area contributed by atoms with Gasteiger partial charge >= 0.3 is 0 Å². The van der Waals surface area contributed by atoms with Crippen molar-refractivity contribution in [2.75, 3.05) is 11.5 Å². The lowest BCUT2D eigenvalue weighted by Gasteiger charge is -2.23. The Hall–Kier alpha value is 0.0900. The molecule has 1 fully saturated rings. The molecule has 0 aliphatic carbocycles. The summed E-state index contributed by atoms with van der Waals surface area (Å²) in [6, 6.07) is 6.14. The van der Waals surface area contributed by atoms with Gasteiger partial charge in [-0.15, -0.1) is 0 Å². The molecule has 0 aromatic heterocycles. The molecule has 1 aromatic rings. The van der Waals surface area contributed by atoms with Crippen LogP contribution in [0.2, 0.25) is 0 Å². The predicted molar refractivity (Wildman–Crippen MR) is 80.4 cm³/mol. The van der Waals surface area contributed by atoms with Crippen molar-refractivity contribution in [3.63, 3.8) is 0 Å². The van der Waals surface area contributed by atoms with E-state index in [0.29, 0.717) is 12.3 Å². The highest BCUT2D eigenvalue weighted by Gasteiger charge is 2.24. The van der Waals surface area contributed by atoms with Crippen LogP contribution in [-0.4, -0.2) is 26.0 Å². The van der Waals surface area contributed by atoms with E-state index in [4.69, 9.17) is 0 Å². The lowest BCUT2D eigenvalue weighted by atomic mass is 10.1. The second kappa shape index (κ2) is 6.03. The van der Waals surface area contributed by atoms with Gasteiger partial charge in [0.15, 0.2) is 9.84 Å². The molecule has 0 bridgehead atoms. The van der Waals surface area contributed by atoms with E-state index in [1.807, 2.05) is 18.2 Å². The first-order valence-corrected chi connectivity index (χ1v) is 9.25. The Morgan fingerprint density at radius 2 is 2.06 bits per heavy atom. The summed E-state index contributed by atoms with van der Waals surface area (Å²) in [4.78, 5) is 0. The molecule has 18 heavy (non-hydrogen) atoms. The van der Waals surface area contributed by atoms with Crippen LogP contribution in [-0.2, 0) is 16.4 Å². The van der Waals surface area contributed by atoms with E-state index in [9.17, 15) is 8.42 Å². The van der Waals surface area contributed by atoms with Gasteiger partial charge in [0.25, 0.3) is 0 Å². The Labute approximate surface area is 125 Å². The van der Waals surface area contributed by atoms with Crippen LogP contribution < -0.4 is 5.32 Å². The summed E-state index contributed by atoms with van der Waals surface area (Å²) in [5.41, 5.74) is 1.15. The van der Waals surface area contributed by atoms with Gasteiger partial charge < -0.3 is 5.32 Å². The summed E-state index contributed by atoms with van der Waals surface area (Å²) in [5.74, 6) is 0.611. The first kappa shape index (κ1) is 14.5. The van der Waals surface area contributed by atoms with Crippen LogP contribution in [0.5, 0.6) is 0 Å². The first-order chi connectivity index (χ1) is 8.46. The van der Waals surface area contributed by atoms with E-state index in [1.165, 1.54) is 0 Å². The van der Waals surface area contributed by atoms with Crippen LogP contribution in [0.1, 0.15) is 18.4 Å². The Balaban J connectivity index is 1.93. The second-order valence-electron chi connectivity index (χ2n) is 4.58. The van der Waals surface area contributed by atoms with Gasteiger partial charge in [-0.25, -0.2) is 8.42 Å². The number of hydrogen-bond acceptors (Lipinski definition) is 3. The number of benzene rings is 1. The van der Waals surface area contributed by atoms with Crippen molar-refractivity contribution < 1.29 is 8.42 Å². The number of nitrogens with one attached hydrogen (secondary N) is 1. The van der Waals surface area contributed by atoms with E-state index in [1.54, 1.807) is 0 Å². The summed E-state index contributed by atoms with van der Waals surface area (Å²) in [5, 5.41) is 3.32. The zero-order valence-electron chi connectivity index (χ0n) is 9.83. The van der Waals surface area contributed by atoms with Crippen molar-refractivity contribution in [1.29, 1.82) is 0 Å². The molecule has 6 heteroatoms. The maximum atomic E-state index is 11.5. The lowest BCUT2D eigenvalue weighted by Crippen LogP contribution is -2.39. The van der Waals surface area contributed by atoms with E-state index >= 15 is 0 Å². The van der Waals surface area contributed by atoms with Crippen molar-refractivity contribution in [2.24, 2.45) is 0 Å². The Bertz CT molecular complexity index is 531. The molecule has 2 rings (SSSR count). The van der Waals surface area contributed by atoms with Crippen LogP contribution in [0.4, 0.5) is 0 Å². The molecule has 1 N–H and O–H groups in total. The van der Waals surface area contributed by atoms with E-state index in [0.717, 1.165) is 27.4 Å². The van der Waals surface area contributed by atoms with Gasteiger partial charge in [0, 0.05) is 21.5 Å². The SMILES string of the molecule is O=S1(=O)CCCC(NCc2ccc(Br)c(Br)c2)C1. The third-order valence-electron chi connectivity index (χ3n) is 3.04. The van der Waals surface area contributed by atoms with Crippen molar-refractivity contribution in [1.82, 2.24) is 5.32 Å². The number of sulfone groups is 1. The van der Waals surface area contributed by atoms with Gasteiger partial charge in [0.1, 0.15) is 0 Å². The summed E-state index contributed by atoms with van der Waals surface area (Å²) < 4.78 is 25.1. The van der Waals surface area contributed by atoms with Gasteiger partial charge in [-0.05, 0) is 62.4 Å². The lowest BCUT2D eigenvalue weighted by molar-refractivity contribution is 0.480. The molecule has 1 saturated heterocycles. The van der Waals surface area contributed by atoms with Crippen LogP contribution in [0, 0.1) is 0 Å². The average molecular weight is 397 g/mol. The van der Waals surface area contributed by atoms with Crippen LogP contribution >= 0.6 is 31.9 Å². The highest BCUT2D eigenvalue weighted by Crippen LogP contribution is 2.24. The predicted octanol–water partition coefficient (Wildman–Crippen LogP) is 2.88. The molecule has 1 aliphatic rings. The van der Waals surface area contributed by atoms with Crippen LogP contribution in [0.25, 0.3) is 0 Å². The van der Waals surface area contributed by atoms with Gasteiger partial charge in [0.2, 0.25) is 0 Å². The summed E-state index contributed by atoms with van der Waals surface area (Å²) in [6.45, 7) is 0.700. The Morgan fingerprint density at radius 1 is 1.28 bits per heavy atom. The fourth-order valence-electron chi connectivity index (χ4n) is 2.10. The fourth-order valence-corrected chi connectivity index (χ4v) is 4.44. The Morgan fingerprint density at radius 3 is 2.72 bits per heavy atom. The molecule has 0 saturated carbocycles. The first-order valence-electron chi connectivity index (χ1n) is 5.84. The zero-order chi connectivity index (χ0) is 13.2. The van der Waals surface area contributed by atoms with E-state index < -0.39 is 9.84 Å². The topological polar surface area (TPSA) is 46.2 Å². The van der Waals surface area contributed by atoms with Crippen molar-refractivity contribution in [2.45, 2.75) is 25.4 Å². The number of halogens is 2. The summed E-state index contributed by atoms with van der Waals surface area (Å²) in [7, 11) is -2.83. The number of rotatable bonds is 3. The van der Waals surface area contributed by atoms with Crippen molar-refractivity contribution >= 4 is 41.7 Å². The monoisotopic (exact) mass is 395 g/mol. The minimum Gasteiger partial charge on any atom is -0.309 e. The fraction of sp³-hybridized carbons (Fsp3) is 0.500. The maximum absolute atomic E-state index is 11.5. The molecule has 1 atom stereocenters. The summed E-state index contributed by atoms with van der Waals surface area (Å²) >= 11 is 6.88. The van der Waals surface area contributed by atoms with Gasteiger partial charge in [-0.2, -0.15) is 0 Å². The van der Waals surface area contributed by atoms with Crippen molar-refractivity contribution in [3.05, 3.63) is 32.7 Å². The highest BCUT2D eigenvalue weighted by molar-refractivity contribution is 9.13. The molecule has 0 amide bonds. The highest BCUT2D eigenvalue weighted by atomic mass is 79.9. The molecule has 1 aromatic carbocycles. The van der Waals surface area contributed by atoms with Crippen molar-refractivity contribution in [3.8, 4) is 0 Å². The van der Waals surface area contributed by atoms with Gasteiger partial charge in [-0.3, -0.25) is 0 Å². The molecule has 100 valence electrons. The maximum Gasteiger partial charge on any atom is 0.151 e. The quantitative estimate of drug-likeness (QED) is 0.854. The molecule has 0 radical (unpaired) electrons. The molecule has 1 heterocycles. The van der Waals surface area contributed by atoms with Gasteiger partial charge in [-0.1, -0.05) is 6.07 Å². The number of hydrogen-bond donors (Lipinski definition) is 1. The average Bonchev–Trinajstić information content (AvgIpc) is 2.29. The second-order valence-corrected chi connectivity index (χ2v) is 8.52. The molecule has 3 nitrogen and oxygen atoms in total. The normalized spacial score (nSPS) is 22.9. The van der Waals surface area contributed by atoms with Crippen LogP contribution in [0.3, 0.4) is 0 Å². The molecular weight excluding hydrogens is 382 g/mol. The van der Waals surface area contributed by atoms with E-state index in [2.05, 4.69) is 37.2 Å². The third-order valence-corrected chi connectivity index (χ3v) is 6.74. The molecule has 1 unspecified atom stereocenters. The largest absolute Gasteiger partial charge is 0.309 e. The molecule has 1 aliphatic heterocycles. The molecular formula is C12H15Br2NO2S. The van der Waals surface area contributed by atoms with Gasteiger partial charge in [0.05, 0.1) is 11.5 Å². The zero-order valence-corrected chi connectivity index (χ0v) is 13.8. The van der Waals surface area contributed by atoms with Crippen LogP contribution in [0.15, 0.2) is 27.1 Å². The van der Waals surface area contributed by atoms with E-state index in [-0.39, 0.29) is 11.8 Å². The minimum atomic E-state index is -2.83. The minimum absolute atomic E-state index is 0.0890. The Kier molecular flexibility index (Phi) is 4.86. The standard InChI is InChI=1S/C12H15Br2NO2S/c13-11-4-3-9(6-12(11)14)7-15-10-2-1-5-18(16,17)8-10/h3-4,6,10,15H,1-2,5,7-8H2. The smallest absolute Gasteiger partial charge is 0.151 e.